The molecule has 0 spiro atoms. The van der Waals surface area contributed by atoms with Crippen LogP contribution in [0.4, 0.5) is 4.39 Å². The first kappa shape index (κ1) is 18.0. The van der Waals surface area contributed by atoms with E-state index in [0.29, 0.717) is 18.2 Å². The Morgan fingerprint density at radius 2 is 1.88 bits per heavy atom. The van der Waals surface area contributed by atoms with Gasteiger partial charge in [-0.15, -0.1) is 5.10 Å². The van der Waals surface area contributed by atoms with E-state index in [1.54, 1.807) is 23.1 Å². The Morgan fingerprint density at radius 3 is 2.50 bits per heavy atom. The zero-order chi connectivity index (χ0) is 18.7. The number of aromatic nitrogens is 4. The predicted molar refractivity (Wildman–Crippen MR) is 98.2 cm³/mol. The molecule has 6 heteroatoms. The maximum Gasteiger partial charge on any atom is 0.250 e. The summed E-state index contributed by atoms with van der Waals surface area (Å²) in [6.07, 6.45) is 4.99. The molecule has 0 aliphatic carbocycles. The number of halogens is 1. The van der Waals surface area contributed by atoms with E-state index in [1.807, 2.05) is 26.8 Å². The summed E-state index contributed by atoms with van der Waals surface area (Å²) in [5.74, 6) is 0.779. The first-order valence-corrected chi connectivity index (χ1v) is 8.78. The van der Waals surface area contributed by atoms with Gasteiger partial charge in [-0.2, -0.15) is 4.68 Å². The highest BCUT2D eigenvalue weighted by Crippen LogP contribution is 2.27. The molecule has 26 heavy (non-hydrogen) atoms. The van der Waals surface area contributed by atoms with Gasteiger partial charge in [0.05, 0.1) is 11.8 Å². The van der Waals surface area contributed by atoms with Crippen molar-refractivity contribution in [1.29, 1.82) is 0 Å². The molecule has 2 aromatic heterocycles. The molecule has 0 atom stereocenters. The molecule has 1 aromatic carbocycles. The van der Waals surface area contributed by atoms with Gasteiger partial charge in [-0.25, -0.2) is 14.4 Å². The van der Waals surface area contributed by atoms with E-state index in [4.69, 9.17) is 4.74 Å². The SMILES string of the molecule is CCc1cnc(-n2nc(OC(C)C)c(Cc3cccc(F)c3)c2C)nc1. The zero-order valence-corrected chi connectivity index (χ0v) is 15.5. The monoisotopic (exact) mass is 354 g/mol. The van der Waals surface area contributed by atoms with Crippen LogP contribution in [-0.4, -0.2) is 25.9 Å². The van der Waals surface area contributed by atoms with Crippen LogP contribution in [0.1, 0.15) is 43.2 Å². The van der Waals surface area contributed by atoms with Gasteiger partial charge in [-0.1, -0.05) is 19.1 Å². The number of nitrogens with zero attached hydrogens (tertiary/aromatic N) is 4. The van der Waals surface area contributed by atoms with Crippen LogP contribution < -0.4 is 4.74 Å². The summed E-state index contributed by atoms with van der Waals surface area (Å²) in [6, 6.07) is 6.57. The van der Waals surface area contributed by atoms with E-state index in [2.05, 4.69) is 22.0 Å². The summed E-state index contributed by atoms with van der Waals surface area (Å²) in [6.45, 7) is 7.91. The van der Waals surface area contributed by atoms with Crippen LogP contribution in [0.25, 0.3) is 5.95 Å². The number of hydrogen-bond acceptors (Lipinski definition) is 4. The van der Waals surface area contributed by atoms with E-state index in [0.717, 1.165) is 28.8 Å². The Bertz CT molecular complexity index is 887. The zero-order valence-electron chi connectivity index (χ0n) is 15.5. The molecule has 0 fully saturated rings. The molecular weight excluding hydrogens is 331 g/mol. The van der Waals surface area contributed by atoms with Crippen molar-refractivity contribution in [2.45, 2.75) is 46.6 Å². The fraction of sp³-hybridized carbons (Fsp3) is 0.350. The highest BCUT2D eigenvalue weighted by atomic mass is 19.1. The molecule has 0 amide bonds. The lowest BCUT2D eigenvalue weighted by atomic mass is 10.1. The number of benzene rings is 1. The third kappa shape index (κ3) is 3.90. The van der Waals surface area contributed by atoms with Crippen LogP contribution in [0, 0.1) is 12.7 Å². The Hall–Kier alpha value is -2.76. The standard InChI is InChI=1S/C20H23FN4O/c1-5-15-11-22-20(23-12-15)25-14(4)18(19(24-25)26-13(2)3)10-16-7-6-8-17(21)9-16/h6-9,11-13H,5,10H2,1-4H3. The first-order valence-electron chi connectivity index (χ1n) is 8.78. The predicted octanol–water partition coefficient (Wildman–Crippen LogP) is 4.05. The van der Waals surface area contributed by atoms with Crippen molar-refractivity contribution in [3.05, 3.63) is 64.9 Å². The van der Waals surface area contributed by atoms with Gasteiger partial charge < -0.3 is 4.74 Å². The smallest absolute Gasteiger partial charge is 0.250 e. The summed E-state index contributed by atoms with van der Waals surface area (Å²) >= 11 is 0. The Morgan fingerprint density at radius 1 is 1.15 bits per heavy atom. The van der Waals surface area contributed by atoms with Crippen molar-refractivity contribution < 1.29 is 9.13 Å². The molecule has 0 aliphatic heterocycles. The van der Waals surface area contributed by atoms with Crippen LogP contribution >= 0.6 is 0 Å². The van der Waals surface area contributed by atoms with Crippen LogP contribution in [0.5, 0.6) is 5.88 Å². The van der Waals surface area contributed by atoms with Gasteiger partial charge >= 0.3 is 0 Å². The van der Waals surface area contributed by atoms with Gasteiger partial charge in [-0.05, 0) is 50.5 Å². The van der Waals surface area contributed by atoms with E-state index < -0.39 is 0 Å². The summed E-state index contributed by atoms with van der Waals surface area (Å²) in [7, 11) is 0. The first-order chi connectivity index (χ1) is 12.5. The Kier molecular flexibility index (Phi) is 5.30. The molecule has 0 aliphatic rings. The van der Waals surface area contributed by atoms with Gasteiger partial charge in [0.2, 0.25) is 5.88 Å². The van der Waals surface area contributed by atoms with Gasteiger partial charge in [0.15, 0.2) is 0 Å². The van der Waals surface area contributed by atoms with E-state index >= 15 is 0 Å². The van der Waals surface area contributed by atoms with Crippen LogP contribution in [-0.2, 0) is 12.8 Å². The minimum absolute atomic E-state index is 0.0209. The molecule has 2 heterocycles. The van der Waals surface area contributed by atoms with E-state index in [9.17, 15) is 4.39 Å². The maximum absolute atomic E-state index is 13.6. The lowest BCUT2D eigenvalue weighted by Gasteiger charge is -2.09. The molecule has 0 N–H and O–H groups in total. The summed E-state index contributed by atoms with van der Waals surface area (Å²) in [5.41, 5.74) is 3.72. The van der Waals surface area contributed by atoms with E-state index in [-0.39, 0.29) is 11.9 Å². The highest BCUT2D eigenvalue weighted by Gasteiger charge is 2.20. The minimum atomic E-state index is -0.252. The molecule has 0 saturated carbocycles. The summed E-state index contributed by atoms with van der Waals surface area (Å²) in [5, 5.41) is 4.57. The quantitative estimate of drug-likeness (QED) is 0.670. The second kappa shape index (κ2) is 7.64. The van der Waals surface area contributed by atoms with Crippen LogP contribution in [0.3, 0.4) is 0 Å². The third-order valence-electron chi connectivity index (χ3n) is 4.11. The second-order valence-electron chi connectivity index (χ2n) is 6.50. The molecule has 5 nitrogen and oxygen atoms in total. The molecule has 0 unspecified atom stereocenters. The van der Waals surface area contributed by atoms with Gasteiger partial charge in [0.25, 0.3) is 5.95 Å². The largest absolute Gasteiger partial charge is 0.474 e. The van der Waals surface area contributed by atoms with Crippen LogP contribution in [0.15, 0.2) is 36.7 Å². The fourth-order valence-electron chi connectivity index (χ4n) is 2.72. The van der Waals surface area contributed by atoms with Crippen molar-refractivity contribution in [2.24, 2.45) is 0 Å². The number of rotatable bonds is 6. The highest BCUT2D eigenvalue weighted by molar-refractivity contribution is 5.39. The molecule has 0 saturated heterocycles. The van der Waals surface area contributed by atoms with Crippen molar-refractivity contribution >= 4 is 0 Å². The average molecular weight is 354 g/mol. The normalized spacial score (nSPS) is 11.2. The molecule has 0 radical (unpaired) electrons. The Balaban J connectivity index is 2.02. The molecular formula is C20H23FN4O. The number of ether oxygens (including phenoxy) is 1. The van der Waals surface area contributed by atoms with Crippen molar-refractivity contribution in [3.8, 4) is 11.8 Å². The lowest BCUT2D eigenvalue weighted by Crippen LogP contribution is -2.08. The maximum atomic E-state index is 13.6. The minimum Gasteiger partial charge on any atom is -0.474 e. The molecule has 3 aromatic rings. The summed E-state index contributed by atoms with van der Waals surface area (Å²) < 4.78 is 21.1. The number of hydrogen-bond donors (Lipinski definition) is 0. The molecule has 136 valence electrons. The fourth-order valence-corrected chi connectivity index (χ4v) is 2.72. The Labute approximate surface area is 152 Å². The summed E-state index contributed by atoms with van der Waals surface area (Å²) in [4.78, 5) is 8.82. The molecule has 0 bridgehead atoms. The van der Waals surface area contributed by atoms with Crippen molar-refractivity contribution in [2.75, 3.05) is 0 Å². The van der Waals surface area contributed by atoms with Crippen molar-refractivity contribution in [3.63, 3.8) is 0 Å². The van der Waals surface area contributed by atoms with Crippen LogP contribution in [0.2, 0.25) is 0 Å². The molecule has 3 rings (SSSR count). The third-order valence-corrected chi connectivity index (χ3v) is 4.11. The van der Waals surface area contributed by atoms with E-state index in [1.165, 1.54) is 12.1 Å². The lowest BCUT2D eigenvalue weighted by molar-refractivity contribution is 0.229. The average Bonchev–Trinajstić information content (AvgIpc) is 2.91. The topological polar surface area (TPSA) is 52.8 Å². The second-order valence-corrected chi connectivity index (χ2v) is 6.50. The van der Waals surface area contributed by atoms with Gasteiger partial charge in [0.1, 0.15) is 5.82 Å². The number of aryl methyl sites for hydroxylation is 1. The van der Waals surface area contributed by atoms with Gasteiger partial charge in [0, 0.05) is 24.4 Å². The van der Waals surface area contributed by atoms with Crippen molar-refractivity contribution in [1.82, 2.24) is 19.7 Å². The van der Waals surface area contributed by atoms with Gasteiger partial charge in [-0.3, -0.25) is 0 Å².